The molecule has 0 unspecified atom stereocenters. The van der Waals surface area contributed by atoms with Crippen molar-refractivity contribution in [2.45, 2.75) is 19.3 Å². The molecule has 1 heterocycles. The van der Waals surface area contributed by atoms with E-state index in [1.54, 1.807) is 0 Å². The van der Waals surface area contributed by atoms with Crippen molar-refractivity contribution in [3.8, 4) is 50.2 Å². The highest BCUT2D eigenvalue weighted by Crippen LogP contribution is 2.51. The summed E-state index contributed by atoms with van der Waals surface area (Å²) in [4.78, 5) is 2.42. The van der Waals surface area contributed by atoms with Crippen LogP contribution in [-0.4, -0.2) is 4.57 Å². The smallest absolute Gasteiger partial charge is 0.0547 e. The average Bonchev–Trinajstić information content (AvgIpc) is 3.75. The van der Waals surface area contributed by atoms with Gasteiger partial charge in [-0.25, -0.2) is 0 Å². The van der Waals surface area contributed by atoms with E-state index in [-0.39, 0.29) is 5.41 Å². The van der Waals surface area contributed by atoms with Crippen LogP contribution < -0.4 is 4.90 Å². The Bertz CT molecular complexity index is 3170. The third kappa shape index (κ3) is 5.79. The van der Waals surface area contributed by atoms with Gasteiger partial charge >= 0.3 is 0 Å². The Kier molecular flexibility index (Phi) is 8.20. The molecule has 2 heteroatoms. The van der Waals surface area contributed by atoms with Gasteiger partial charge in [0.15, 0.2) is 0 Å². The molecular weight excluding hydrogens is 713 g/mol. The predicted octanol–water partition coefficient (Wildman–Crippen LogP) is 15.6. The van der Waals surface area contributed by atoms with E-state index < -0.39 is 0 Å². The van der Waals surface area contributed by atoms with Crippen LogP contribution in [0, 0.1) is 0 Å². The van der Waals surface area contributed by atoms with Gasteiger partial charge in [-0.3, -0.25) is 0 Å². The summed E-state index contributed by atoms with van der Waals surface area (Å²) < 4.78 is 2.45. The third-order valence-electron chi connectivity index (χ3n) is 12.4. The molecule has 11 rings (SSSR count). The molecule has 2 nitrogen and oxygen atoms in total. The molecule has 0 spiro atoms. The number of aromatic nitrogens is 1. The number of fused-ring (bicyclic) bond motifs is 6. The molecule has 1 aromatic heterocycles. The van der Waals surface area contributed by atoms with Crippen LogP contribution in [0.1, 0.15) is 25.0 Å². The molecule has 9 aromatic carbocycles. The Balaban J connectivity index is 1.05. The maximum absolute atomic E-state index is 2.45. The summed E-state index contributed by atoms with van der Waals surface area (Å²) in [5, 5.41) is 2.50. The number of benzene rings is 9. The van der Waals surface area contributed by atoms with Gasteiger partial charge in [-0.2, -0.15) is 0 Å². The molecule has 0 aliphatic heterocycles. The summed E-state index contributed by atoms with van der Waals surface area (Å²) in [5.41, 5.74) is 19.4. The highest BCUT2D eigenvalue weighted by molar-refractivity contribution is 6.10. The highest BCUT2D eigenvalue weighted by atomic mass is 15.1. The van der Waals surface area contributed by atoms with E-state index >= 15 is 0 Å². The van der Waals surface area contributed by atoms with Crippen molar-refractivity contribution in [1.82, 2.24) is 4.57 Å². The minimum atomic E-state index is -0.109. The van der Waals surface area contributed by atoms with E-state index in [1.165, 1.54) is 71.9 Å². The fourth-order valence-corrected chi connectivity index (χ4v) is 9.48. The number of para-hydroxylation sites is 2. The third-order valence-corrected chi connectivity index (χ3v) is 12.4. The summed E-state index contributed by atoms with van der Waals surface area (Å²) in [6, 6.07) is 79.8. The largest absolute Gasteiger partial charge is 0.310 e. The molecule has 1 aliphatic carbocycles. The van der Waals surface area contributed by atoms with Crippen LogP contribution in [0.25, 0.3) is 72.0 Å². The molecule has 59 heavy (non-hydrogen) atoms. The normalized spacial score (nSPS) is 12.7. The summed E-state index contributed by atoms with van der Waals surface area (Å²) in [7, 11) is 0. The van der Waals surface area contributed by atoms with Crippen molar-refractivity contribution in [3.63, 3.8) is 0 Å². The summed E-state index contributed by atoms with van der Waals surface area (Å²) in [6.07, 6.45) is 0. The Morgan fingerprint density at radius 3 is 1.68 bits per heavy atom. The van der Waals surface area contributed by atoms with Gasteiger partial charge in [-0.05, 0) is 105 Å². The molecule has 0 amide bonds. The first-order chi connectivity index (χ1) is 29.0. The molecule has 10 aromatic rings. The van der Waals surface area contributed by atoms with Crippen molar-refractivity contribution in [2.75, 3.05) is 4.90 Å². The van der Waals surface area contributed by atoms with Crippen molar-refractivity contribution < 1.29 is 0 Å². The summed E-state index contributed by atoms with van der Waals surface area (Å²) in [5.74, 6) is 0. The molecular formula is C57H42N2. The van der Waals surface area contributed by atoms with Crippen LogP contribution >= 0.6 is 0 Å². The van der Waals surface area contributed by atoms with Crippen LogP contribution in [0.5, 0.6) is 0 Å². The van der Waals surface area contributed by atoms with Crippen molar-refractivity contribution in [3.05, 3.63) is 230 Å². The zero-order valence-electron chi connectivity index (χ0n) is 33.2. The predicted molar refractivity (Wildman–Crippen MR) is 249 cm³/mol. The number of anilines is 3. The van der Waals surface area contributed by atoms with Gasteiger partial charge in [0, 0.05) is 38.8 Å². The van der Waals surface area contributed by atoms with E-state index in [9.17, 15) is 0 Å². The molecule has 0 atom stereocenters. The van der Waals surface area contributed by atoms with E-state index in [0.29, 0.717) is 0 Å². The molecule has 0 saturated carbocycles. The Morgan fingerprint density at radius 1 is 0.339 bits per heavy atom. The number of hydrogen-bond acceptors (Lipinski definition) is 1. The van der Waals surface area contributed by atoms with Crippen molar-refractivity contribution in [2.24, 2.45) is 0 Å². The highest BCUT2D eigenvalue weighted by Gasteiger charge is 2.35. The lowest BCUT2D eigenvalue weighted by atomic mass is 9.82. The monoisotopic (exact) mass is 754 g/mol. The Labute approximate surface area is 345 Å². The first kappa shape index (κ1) is 34.8. The lowest BCUT2D eigenvalue weighted by molar-refractivity contribution is 0.660. The molecule has 0 bridgehead atoms. The Hall–Kier alpha value is -7.42. The molecule has 0 N–H and O–H groups in total. The topological polar surface area (TPSA) is 8.17 Å². The average molecular weight is 755 g/mol. The van der Waals surface area contributed by atoms with Gasteiger partial charge < -0.3 is 9.47 Å². The lowest BCUT2D eigenvalue weighted by Crippen LogP contribution is -2.16. The van der Waals surface area contributed by atoms with Crippen LogP contribution in [-0.2, 0) is 5.41 Å². The van der Waals surface area contributed by atoms with Crippen LogP contribution in [0.15, 0.2) is 218 Å². The zero-order valence-corrected chi connectivity index (χ0v) is 33.2. The minimum Gasteiger partial charge on any atom is -0.310 e. The molecule has 0 saturated heterocycles. The van der Waals surface area contributed by atoms with Gasteiger partial charge in [-0.15, -0.1) is 0 Å². The number of nitrogens with zero attached hydrogens (tertiary/aromatic N) is 2. The van der Waals surface area contributed by atoms with Crippen LogP contribution in [0.2, 0.25) is 0 Å². The number of hydrogen-bond donors (Lipinski definition) is 0. The van der Waals surface area contributed by atoms with Gasteiger partial charge in [0.25, 0.3) is 0 Å². The molecule has 0 radical (unpaired) electrons. The maximum Gasteiger partial charge on any atom is 0.0547 e. The maximum atomic E-state index is 2.45. The minimum absolute atomic E-state index is 0.109. The van der Waals surface area contributed by atoms with E-state index in [0.717, 1.165) is 28.3 Å². The van der Waals surface area contributed by atoms with Crippen LogP contribution in [0.4, 0.5) is 17.1 Å². The first-order valence-corrected chi connectivity index (χ1v) is 20.5. The standard InChI is InChI=1S/C57H42N2/c1-57(2)52-25-12-9-23-48(52)49-35-33-46(38-53(49)57)58(45-21-15-20-42(36-45)39-16-5-3-6-17-39)44-31-28-41(29-32-44)47-22-10-13-26-54(47)59-55-27-14-11-24-50(55)51-34-30-43(37-56(51)59)40-18-7-4-8-19-40/h3-38H,1-2H3. The van der Waals surface area contributed by atoms with Crippen LogP contribution in [0.3, 0.4) is 0 Å². The van der Waals surface area contributed by atoms with Crippen molar-refractivity contribution in [1.29, 1.82) is 0 Å². The molecule has 1 aliphatic rings. The van der Waals surface area contributed by atoms with Gasteiger partial charge in [0.05, 0.1) is 16.7 Å². The van der Waals surface area contributed by atoms with Gasteiger partial charge in [-0.1, -0.05) is 178 Å². The Morgan fingerprint density at radius 2 is 0.898 bits per heavy atom. The summed E-state index contributed by atoms with van der Waals surface area (Å²) in [6.45, 7) is 4.71. The fourth-order valence-electron chi connectivity index (χ4n) is 9.48. The second-order valence-corrected chi connectivity index (χ2v) is 16.2. The van der Waals surface area contributed by atoms with Gasteiger partial charge in [0.1, 0.15) is 0 Å². The second kappa shape index (κ2) is 13.9. The second-order valence-electron chi connectivity index (χ2n) is 16.2. The van der Waals surface area contributed by atoms with Gasteiger partial charge in [0.2, 0.25) is 0 Å². The van der Waals surface area contributed by atoms with E-state index in [4.69, 9.17) is 0 Å². The quantitative estimate of drug-likeness (QED) is 0.157. The van der Waals surface area contributed by atoms with Crippen molar-refractivity contribution >= 4 is 38.9 Å². The van der Waals surface area contributed by atoms with E-state index in [2.05, 4.69) is 242 Å². The number of rotatable bonds is 7. The summed E-state index contributed by atoms with van der Waals surface area (Å²) >= 11 is 0. The zero-order chi connectivity index (χ0) is 39.5. The molecule has 0 fully saturated rings. The first-order valence-electron chi connectivity index (χ1n) is 20.5. The SMILES string of the molecule is CC1(C)c2ccccc2-c2ccc(N(c3ccc(-c4ccccc4-n4c5ccccc5c5ccc(-c6ccccc6)cc54)cc3)c3cccc(-c4ccccc4)c3)cc21. The lowest BCUT2D eigenvalue weighted by Gasteiger charge is -2.28. The fraction of sp³-hybridized carbons (Fsp3) is 0.0526. The molecule has 280 valence electrons. The van der Waals surface area contributed by atoms with E-state index in [1.807, 2.05) is 0 Å².